The monoisotopic (exact) mass is 1770 g/mol. The number of nitrogens with one attached hydrogen (secondary N) is 7. The highest BCUT2D eigenvalue weighted by Crippen LogP contribution is 2.42. The summed E-state index contributed by atoms with van der Waals surface area (Å²) in [5, 5.41) is 38.6. The summed E-state index contributed by atoms with van der Waals surface area (Å²) in [5.41, 5.74) is 5.91. The van der Waals surface area contributed by atoms with Crippen LogP contribution in [0.2, 0.25) is 15.1 Å². The highest BCUT2D eigenvalue weighted by molar-refractivity contribution is 7.92. The van der Waals surface area contributed by atoms with Crippen LogP contribution in [0.15, 0.2) is 142 Å². The number of carboxylic acids is 1. The first-order chi connectivity index (χ1) is 57.2. The van der Waals surface area contributed by atoms with E-state index in [9.17, 15) is 54.3 Å². The number of aromatic nitrogens is 6. The van der Waals surface area contributed by atoms with Gasteiger partial charge in [0.15, 0.2) is 47.0 Å². The molecule has 121 heavy (non-hydrogen) atoms. The van der Waals surface area contributed by atoms with Gasteiger partial charge >= 0.3 is 11.9 Å². The second kappa shape index (κ2) is 38.2. The topological polar surface area (TPSA) is 436 Å². The number of benzene rings is 6. The Morgan fingerprint density at radius 1 is 0.488 bits per heavy atom. The number of aliphatic carboxylic acids is 1. The molecule has 33 nitrogen and oxygen atoms in total. The van der Waals surface area contributed by atoms with Crippen molar-refractivity contribution >= 4 is 163 Å². The number of ether oxygens (including phenoxy) is 4. The van der Waals surface area contributed by atoms with Crippen LogP contribution in [0.5, 0.6) is 17.2 Å². The van der Waals surface area contributed by atoms with E-state index < -0.39 is 69.7 Å². The zero-order chi connectivity index (χ0) is 87.9. The summed E-state index contributed by atoms with van der Waals surface area (Å²) < 4.78 is 100. The van der Waals surface area contributed by atoms with Crippen LogP contribution in [-0.4, -0.2) is 189 Å². The minimum atomic E-state index is -3.59. The second-order valence-corrected chi connectivity index (χ2v) is 38.7. The number of methoxy groups -OCH3 is 1. The maximum Gasteiger partial charge on any atom is 0.323 e. The molecule has 39 heteroatoms. The third-order valence-electron chi connectivity index (χ3n) is 19.2. The van der Waals surface area contributed by atoms with Gasteiger partial charge in [-0.2, -0.15) is 15.0 Å². The summed E-state index contributed by atoms with van der Waals surface area (Å²) in [6.45, 7) is 22.0. The zero-order valence-corrected chi connectivity index (χ0v) is 73.0. The molecular weight excluding hydrogens is 1680 g/mol. The van der Waals surface area contributed by atoms with Crippen LogP contribution < -0.4 is 51.4 Å². The summed E-state index contributed by atoms with van der Waals surface area (Å²) in [6.07, 6.45) is 4.11. The first kappa shape index (κ1) is 90.5. The van der Waals surface area contributed by atoms with Crippen molar-refractivity contribution in [2.45, 2.75) is 170 Å². The lowest BCUT2D eigenvalue weighted by molar-refractivity contribution is -0.142. The molecule has 0 saturated carbocycles. The number of anilines is 12. The number of hydrogen-bond acceptors (Lipinski definition) is 29. The first-order valence-corrected chi connectivity index (χ1v) is 44.3. The van der Waals surface area contributed by atoms with E-state index in [0.29, 0.717) is 99.7 Å². The van der Waals surface area contributed by atoms with Gasteiger partial charge in [0.25, 0.3) is 17.7 Å². The van der Waals surface area contributed by atoms with Crippen LogP contribution in [-0.2, 0) is 63.5 Å². The highest BCUT2D eigenvalue weighted by Gasteiger charge is 2.41. The van der Waals surface area contributed by atoms with Gasteiger partial charge < -0.3 is 81.1 Å². The second-order valence-electron chi connectivity index (χ2n) is 30.0. The Kier molecular flexibility index (Phi) is 28.6. The number of carboxylic acid groups (broad SMARTS) is 1. The average molecular weight is 1780 g/mol. The quantitative estimate of drug-likeness (QED) is 0.0189. The van der Waals surface area contributed by atoms with E-state index in [0.717, 1.165) is 11.1 Å². The molecule has 642 valence electrons. The Morgan fingerprint density at radius 2 is 0.826 bits per heavy atom. The summed E-state index contributed by atoms with van der Waals surface area (Å²) in [4.78, 5) is 93.5. The molecule has 0 bridgehead atoms. The number of carbonyl (C=O) groups is 5. The van der Waals surface area contributed by atoms with Crippen LogP contribution >= 0.6 is 34.8 Å². The molecule has 3 amide bonds. The molecule has 13 rings (SSSR count). The van der Waals surface area contributed by atoms with Gasteiger partial charge in [-0.25, -0.2) is 40.2 Å². The normalized spacial score (nSPS) is 15.0. The van der Waals surface area contributed by atoms with Gasteiger partial charge in [0.05, 0.1) is 115 Å². The number of esters is 1. The predicted octanol–water partition coefficient (Wildman–Crippen LogP) is 13.6. The van der Waals surface area contributed by atoms with Crippen molar-refractivity contribution in [3.63, 3.8) is 0 Å². The number of aliphatic hydroxyl groups is 1. The Labute approximate surface area is 715 Å². The van der Waals surface area contributed by atoms with Gasteiger partial charge in [0.2, 0.25) is 17.8 Å². The molecule has 0 spiro atoms. The van der Waals surface area contributed by atoms with Crippen molar-refractivity contribution in [2.24, 2.45) is 0 Å². The maximum absolute atomic E-state index is 13.5. The van der Waals surface area contributed by atoms with Gasteiger partial charge in [0, 0.05) is 55.5 Å². The number of sulfone groups is 3. The number of carbonyl (C=O) groups excluding carboxylic acids is 4. The van der Waals surface area contributed by atoms with Gasteiger partial charge in [-0.1, -0.05) is 71.2 Å². The van der Waals surface area contributed by atoms with Gasteiger partial charge in [-0.3, -0.25) is 24.0 Å². The van der Waals surface area contributed by atoms with E-state index >= 15 is 0 Å². The predicted molar refractivity (Wildman–Crippen MR) is 460 cm³/mol. The molecule has 1 fully saturated rings. The van der Waals surface area contributed by atoms with E-state index in [1.165, 1.54) is 48.8 Å². The number of nitrogens with zero attached hydrogens (tertiary/aromatic N) is 9. The number of halogens is 3. The molecule has 4 aliphatic rings. The summed E-state index contributed by atoms with van der Waals surface area (Å²) in [7, 11) is -9.41. The fourth-order valence-corrected chi connectivity index (χ4v) is 17.2. The Bertz CT molecular complexity index is 5810. The number of fused-ring (bicyclic) bond motifs is 3. The number of aliphatic hydroxyl groups excluding tert-OH is 1. The van der Waals surface area contributed by atoms with Crippen LogP contribution in [0.4, 0.5) is 69.4 Å². The van der Waals surface area contributed by atoms with Gasteiger partial charge in [-0.15, -0.1) is 0 Å². The molecule has 9 N–H and O–H groups in total. The molecule has 7 heterocycles. The maximum atomic E-state index is 13.5. The van der Waals surface area contributed by atoms with Crippen LogP contribution in [0, 0.1) is 0 Å². The summed E-state index contributed by atoms with van der Waals surface area (Å²) >= 11 is 19.1. The summed E-state index contributed by atoms with van der Waals surface area (Å²) in [5.74, 6) is 0.217. The minimum absolute atomic E-state index is 0.104. The molecule has 0 aliphatic carbocycles. The largest absolute Gasteiger partial charge is 0.489 e. The van der Waals surface area contributed by atoms with E-state index in [1.54, 1.807) is 136 Å². The highest BCUT2D eigenvalue weighted by atomic mass is 35.5. The van der Waals surface area contributed by atoms with Crippen LogP contribution in [0.3, 0.4) is 0 Å². The molecule has 4 aliphatic heterocycles. The summed E-state index contributed by atoms with van der Waals surface area (Å²) in [6, 6.07) is 29.2. The molecular formula is C82H93Cl3N16O17S3. The fraction of sp³-hybridized carbons (Fsp3) is 0.354. The zero-order valence-electron chi connectivity index (χ0n) is 68.3. The lowest BCUT2D eigenvalue weighted by Gasteiger charge is -2.22. The van der Waals surface area contributed by atoms with Crippen molar-refractivity contribution in [2.75, 3.05) is 65.3 Å². The Hall–Kier alpha value is -11.3. The third-order valence-corrected chi connectivity index (χ3v) is 26.7. The number of para-hydroxylation sites is 3. The van der Waals surface area contributed by atoms with Crippen LogP contribution in [0.25, 0.3) is 0 Å². The van der Waals surface area contributed by atoms with Crippen LogP contribution in [0.1, 0.15) is 137 Å². The fourth-order valence-electron chi connectivity index (χ4n) is 13.2. The lowest BCUT2D eigenvalue weighted by atomic mass is 10.1. The number of amides is 3. The Morgan fingerprint density at radius 3 is 1.17 bits per heavy atom. The third kappa shape index (κ3) is 21.0. The van der Waals surface area contributed by atoms with Crippen molar-refractivity contribution < 1.29 is 78.4 Å². The molecule has 2 atom stereocenters. The lowest BCUT2D eigenvalue weighted by Crippen LogP contribution is -2.36. The average Bonchev–Trinajstić information content (AvgIpc) is 1.63. The van der Waals surface area contributed by atoms with Crippen molar-refractivity contribution in [3.8, 4) is 17.2 Å². The Balaban J connectivity index is 0.000000178. The molecule has 0 radical (unpaired) electrons. The van der Waals surface area contributed by atoms with Gasteiger partial charge in [0.1, 0.15) is 44.9 Å². The standard InChI is InChI=1S/C30H35ClN6O6S.C26H28ClN5O6S.C26H30ClN5O5S/c1-16(2)43-25-10-18-15-37(19-11-24(32-13-19)29(39)42-5)28(38)20(18)12-23(25)35-30-33-14-21(31)27(36-30)34-22-8-6-7-9-26(22)44(40,41)17(3)4;1-14(2)38-21-9-16-12-32(13-23(33)34)25(35)17(16)10-20(21)30-26-28-11-18(27)24(31-26)29-19-7-5-6-8-22(19)39(36,37)15(3)4;1-15(2)37-22-11-17-14-32(9-10-33)25(34)18(17)12-21(22)30-26-28-13-19(27)24(31-26)29-20-7-5-6-8-23(20)38(35,36)16(3)4/h6-10,12,14,16-17,19,24,32H,11,13,15H2,1-5H3,(H2,33,34,35,36);5-11,14-15H,12-13H2,1-4H3,(H,33,34)(H2,28,29,30,31);5-8,11-13,15-16,33H,9-10,14H2,1-4H3,(H2,28,29,30,31)/t19-,24-;;/m0../s1. The molecule has 9 aromatic rings. The van der Waals surface area contributed by atoms with Gasteiger partial charge in [-0.05, 0) is 179 Å². The molecule has 1 saturated heterocycles. The van der Waals surface area contributed by atoms with E-state index in [1.807, 2.05) is 47.6 Å². The number of hydrogen-bond donors (Lipinski definition) is 9. The molecule has 3 aromatic heterocycles. The van der Waals surface area contributed by atoms with E-state index in [-0.39, 0.29) is 127 Å². The van der Waals surface area contributed by atoms with Crippen molar-refractivity contribution in [1.29, 1.82) is 0 Å². The van der Waals surface area contributed by atoms with Crippen molar-refractivity contribution in [3.05, 3.63) is 176 Å². The van der Waals surface area contributed by atoms with E-state index in [4.69, 9.17) is 58.9 Å². The van der Waals surface area contributed by atoms with Crippen molar-refractivity contribution in [1.82, 2.24) is 49.9 Å². The smallest absolute Gasteiger partial charge is 0.323 e. The number of rotatable bonds is 30. The minimum Gasteiger partial charge on any atom is -0.489 e. The molecule has 0 unspecified atom stereocenters. The first-order valence-electron chi connectivity index (χ1n) is 38.5. The molecule has 6 aromatic carbocycles. The number of β-amino-alcohol motifs (C(OH)–C–C–N with tert-alkyl or cyclic N) is 1. The van der Waals surface area contributed by atoms with E-state index in [2.05, 4.69) is 67.1 Å². The SMILES string of the molecule is CC(C)Oc1cc2c(cc1Nc1ncc(Cl)c(Nc3ccccc3S(=O)(=O)C(C)C)n1)C(=O)N(CC(=O)O)C2.CC(C)Oc1cc2c(cc1Nc1ncc(Cl)c(Nc3ccccc3S(=O)(=O)C(C)C)n1)C(=O)N(CCO)C2.COC(=O)[C@@H]1C[C@H](N2Cc3cc(OC(C)C)c(Nc4ncc(Cl)c(Nc5ccccc5S(=O)(=O)C(C)C)n4)cc3C2=O)CN1.